The van der Waals surface area contributed by atoms with Crippen LogP contribution in [0.3, 0.4) is 0 Å². The maximum atomic E-state index is 12.8. The van der Waals surface area contributed by atoms with E-state index in [9.17, 15) is 13.2 Å². The molecule has 120 valence electrons. The molecule has 21 heavy (non-hydrogen) atoms. The molecular weight excluding hydrogens is 281 g/mol. The van der Waals surface area contributed by atoms with E-state index in [0.717, 1.165) is 0 Å². The standard InChI is InChI=1S/C14H23F3N4/c1-8(2)21(7-14(15,16)17)11-9(3)10(18)19-12(20-11)13(4,5)6/h8H,7H2,1-6H3,(H2,18,19,20). The first-order valence-corrected chi connectivity index (χ1v) is 6.81. The van der Waals surface area contributed by atoms with Crippen LogP contribution < -0.4 is 10.6 Å². The Kier molecular flexibility index (Phi) is 4.75. The number of halogens is 3. The third-order valence-electron chi connectivity index (χ3n) is 3.07. The molecule has 0 aliphatic rings. The minimum absolute atomic E-state index is 0.220. The van der Waals surface area contributed by atoms with Crippen LogP contribution in [0.25, 0.3) is 0 Å². The van der Waals surface area contributed by atoms with Gasteiger partial charge in [-0.15, -0.1) is 0 Å². The second-order valence-corrected chi connectivity index (χ2v) is 6.47. The lowest BCUT2D eigenvalue weighted by atomic mass is 9.95. The Bertz CT molecular complexity index is 504. The number of anilines is 2. The molecular formula is C14H23F3N4. The van der Waals surface area contributed by atoms with Crippen molar-refractivity contribution >= 4 is 11.6 Å². The van der Waals surface area contributed by atoms with Gasteiger partial charge >= 0.3 is 6.18 Å². The van der Waals surface area contributed by atoms with E-state index in [0.29, 0.717) is 11.4 Å². The molecule has 1 rings (SSSR count). The zero-order valence-corrected chi connectivity index (χ0v) is 13.3. The van der Waals surface area contributed by atoms with Crippen molar-refractivity contribution in [1.82, 2.24) is 9.97 Å². The van der Waals surface area contributed by atoms with Gasteiger partial charge in [0.15, 0.2) is 0 Å². The highest BCUT2D eigenvalue weighted by atomic mass is 19.4. The molecule has 4 nitrogen and oxygen atoms in total. The fraction of sp³-hybridized carbons (Fsp3) is 0.714. The Hall–Kier alpha value is -1.53. The summed E-state index contributed by atoms with van der Waals surface area (Å²) >= 11 is 0. The molecule has 0 aliphatic heterocycles. The lowest BCUT2D eigenvalue weighted by molar-refractivity contribution is -0.120. The van der Waals surface area contributed by atoms with Crippen molar-refractivity contribution in [3.63, 3.8) is 0 Å². The monoisotopic (exact) mass is 304 g/mol. The Morgan fingerprint density at radius 1 is 1.14 bits per heavy atom. The zero-order chi connectivity index (χ0) is 16.6. The van der Waals surface area contributed by atoms with Gasteiger partial charge in [0.2, 0.25) is 0 Å². The molecule has 1 aromatic rings. The fourth-order valence-corrected chi connectivity index (χ4v) is 1.83. The maximum Gasteiger partial charge on any atom is 0.405 e. The minimum Gasteiger partial charge on any atom is -0.383 e. The molecule has 2 N–H and O–H groups in total. The maximum absolute atomic E-state index is 12.8. The predicted molar refractivity (Wildman–Crippen MR) is 78.4 cm³/mol. The summed E-state index contributed by atoms with van der Waals surface area (Å²) in [6, 6.07) is -0.354. The summed E-state index contributed by atoms with van der Waals surface area (Å²) in [7, 11) is 0. The largest absolute Gasteiger partial charge is 0.405 e. The minimum atomic E-state index is -4.31. The van der Waals surface area contributed by atoms with Crippen molar-refractivity contribution in [2.45, 2.75) is 59.2 Å². The molecule has 7 heteroatoms. The number of rotatable bonds is 3. The van der Waals surface area contributed by atoms with Gasteiger partial charge in [0.05, 0.1) is 0 Å². The van der Waals surface area contributed by atoms with Gasteiger partial charge in [0, 0.05) is 17.0 Å². The Labute approximate surface area is 123 Å². The second-order valence-electron chi connectivity index (χ2n) is 6.47. The van der Waals surface area contributed by atoms with Crippen LogP contribution in [0.15, 0.2) is 0 Å². The first-order valence-electron chi connectivity index (χ1n) is 6.81. The zero-order valence-electron chi connectivity index (χ0n) is 13.3. The normalized spacial score (nSPS) is 12.9. The highest BCUT2D eigenvalue weighted by molar-refractivity contribution is 5.57. The molecule has 0 atom stereocenters. The average Bonchev–Trinajstić information content (AvgIpc) is 2.27. The van der Waals surface area contributed by atoms with Gasteiger partial charge in [-0.2, -0.15) is 13.2 Å². The topological polar surface area (TPSA) is 55.0 Å². The van der Waals surface area contributed by atoms with Gasteiger partial charge in [-0.1, -0.05) is 20.8 Å². The van der Waals surface area contributed by atoms with E-state index in [1.165, 1.54) is 4.90 Å². The lowest BCUT2D eigenvalue weighted by Gasteiger charge is -2.31. The summed E-state index contributed by atoms with van der Waals surface area (Å²) in [5, 5.41) is 0. The van der Waals surface area contributed by atoms with Crippen molar-refractivity contribution in [3.05, 3.63) is 11.4 Å². The first-order chi connectivity index (χ1) is 9.33. The molecule has 0 aromatic carbocycles. The summed E-state index contributed by atoms with van der Waals surface area (Å²) in [4.78, 5) is 9.76. The molecule has 0 bridgehead atoms. The van der Waals surface area contributed by atoms with Gasteiger partial charge in [-0.25, -0.2) is 9.97 Å². The molecule has 0 amide bonds. The number of nitrogen functional groups attached to an aromatic ring is 1. The molecule has 0 fully saturated rings. The number of alkyl halides is 3. The van der Waals surface area contributed by atoms with E-state index >= 15 is 0 Å². The highest BCUT2D eigenvalue weighted by Crippen LogP contribution is 2.30. The molecule has 1 aromatic heterocycles. The van der Waals surface area contributed by atoms with Crippen LogP contribution in [-0.2, 0) is 5.41 Å². The van der Waals surface area contributed by atoms with E-state index in [1.54, 1.807) is 20.8 Å². The van der Waals surface area contributed by atoms with Crippen LogP contribution in [0, 0.1) is 6.92 Å². The molecule has 0 aliphatic carbocycles. The molecule has 0 radical (unpaired) electrons. The fourth-order valence-electron chi connectivity index (χ4n) is 1.83. The SMILES string of the molecule is Cc1c(N)nc(C(C)(C)C)nc1N(CC(F)(F)F)C(C)C. The number of nitrogens with two attached hydrogens (primary N) is 1. The van der Waals surface area contributed by atoms with E-state index in [-0.39, 0.29) is 17.7 Å². The third kappa shape index (κ3) is 4.47. The first kappa shape index (κ1) is 17.5. The van der Waals surface area contributed by atoms with Gasteiger partial charge in [-0.05, 0) is 20.8 Å². The number of hydrogen-bond acceptors (Lipinski definition) is 4. The Morgan fingerprint density at radius 3 is 2.05 bits per heavy atom. The summed E-state index contributed by atoms with van der Waals surface area (Å²) in [5.41, 5.74) is 5.94. The van der Waals surface area contributed by atoms with Gasteiger partial charge in [0.1, 0.15) is 24.0 Å². The van der Waals surface area contributed by atoms with Crippen molar-refractivity contribution in [3.8, 4) is 0 Å². The summed E-state index contributed by atoms with van der Waals surface area (Å²) in [6.07, 6.45) is -4.31. The van der Waals surface area contributed by atoms with Crippen LogP contribution in [0.2, 0.25) is 0 Å². The van der Waals surface area contributed by atoms with E-state index in [4.69, 9.17) is 5.73 Å². The van der Waals surface area contributed by atoms with Crippen LogP contribution in [-0.4, -0.2) is 28.7 Å². The van der Waals surface area contributed by atoms with E-state index in [2.05, 4.69) is 9.97 Å². The van der Waals surface area contributed by atoms with Crippen LogP contribution >= 0.6 is 0 Å². The van der Waals surface area contributed by atoms with Crippen LogP contribution in [0.5, 0.6) is 0 Å². The summed E-state index contributed by atoms with van der Waals surface area (Å²) in [6.45, 7) is 9.65. The Morgan fingerprint density at radius 2 is 1.67 bits per heavy atom. The van der Waals surface area contributed by atoms with Gasteiger partial charge in [0.25, 0.3) is 0 Å². The number of hydrogen-bond donors (Lipinski definition) is 1. The van der Waals surface area contributed by atoms with Crippen molar-refractivity contribution in [1.29, 1.82) is 0 Å². The van der Waals surface area contributed by atoms with Crippen LogP contribution in [0.4, 0.5) is 24.8 Å². The molecule has 0 spiro atoms. The van der Waals surface area contributed by atoms with Crippen molar-refractivity contribution in [2.24, 2.45) is 0 Å². The van der Waals surface area contributed by atoms with Gasteiger partial charge < -0.3 is 10.6 Å². The number of aromatic nitrogens is 2. The van der Waals surface area contributed by atoms with Crippen LogP contribution in [0.1, 0.15) is 46.0 Å². The second kappa shape index (κ2) is 5.69. The van der Waals surface area contributed by atoms with Crippen molar-refractivity contribution < 1.29 is 13.2 Å². The number of nitrogens with zero attached hydrogens (tertiary/aromatic N) is 3. The Balaban J connectivity index is 3.40. The van der Waals surface area contributed by atoms with E-state index in [1.807, 2.05) is 20.8 Å². The average molecular weight is 304 g/mol. The lowest BCUT2D eigenvalue weighted by Crippen LogP contribution is -2.40. The van der Waals surface area contributed by atoms with Gasteiger partial charge in [-0.3, -0.25) is 0 Å². The third-order valence-corrected chi connectivity index (χ3v) is 3.07. The molecule has 0 unspecified atom stereocenters. The summed E-state index contributed by atoms with van der Waals surface area (Å²) < 4.78 is 38.4. The quantitative estimate of drug-likeness (QED) is 0.929. The molecule has 0 saturated carbocycles. The van der Waals surface area contributed by atoms with Crippen molar-refractivity contribution in [2.75, 3.05) is 17.2 Å². The molecule has 0 saturated heterocycles. The molecule has 1 heterocycles. The summed E-state index contributed by atoms with van der Waals surface area (Å²) in [5.74, 6) is 0.908. The highest BCUT2D eigenvalue weighted by Gasteiger charge is 2.34. The van der Waals surface area contributed by atoms with E-state index < -0.39 is 18.1 Å². The predicted octanol–water partition coefficient (Wildman–Crippen LogP) is 3.44. The smallest absolute Gasteiger partial charge is 0.383 e.